The van der Waals surface area contributed by atoms with Gasteiger partial charge in [-0.3, -0.25) is 0 Å². The van der Waals surface area contributed by atoms with Gasteiger partial charge in [0.1, 0.15) is 0 Å². The highest BCUT2D eigenvalue weighted by Gasteiger charge is 1.92. The van der Waals surface area contributed by atoms with Crippen molar-refractivity contribution in [1.82, 2.24) is 0 Å². The fraction of sp³-hybridized carbons (Fsp3) is 0.500. The zero-order valence-corrected chi connectivity index (χ0v) is 8.41. The third-order valence-corrected chi connectivity index (χ3v) is 2.03. The van der Waals surface area contributed by atoms with Gasteiger partial charge in [0, 0.05) is 6.61 Å². The number of hydrogen-bond donors (Lipinski definition) is 1. The SMILES string of the molecule is OCCOCCCCc1cc[c]cc1. The Balaban J connectivity index is 1.99. The minimum absolute atomic E-state index is 0.120. The van der Waals surface area contributed by atoms with Gasteiger partial charge >= 0.3 is 0 Å². The molecule has 0 atom stereocenters. The zero-order chi connectivity index (χ0) is 10.1. The van der Waals surface area contributed by atoms with Crippen molar-refractivity contribution in [3.63, 3.8) is 0 Å². The van der Waals surface area contributed by atoms with Gasteiger partial charge in [0.15, 0.2) is 0 Å². The second kappa shape index (κ2) is 7.54. The number of aryl methyl sites for hydroxylation is 1. The predicted molar refractivity (Wildman–Crippen MR) is 56.1 cm³/mol. The first kappa shape index (κ1) is 11.2. The van der Waals surface area contributed by atoms with Crippen LogP contribution in [0.4, 0.5) is 0 Å². The van der Waals surface area contributed by atoms with Crippen LogP contribution >= 0.6 is 0 Å². The molecule has 0 aliphatic heterocycles. The fourth-order valence-electron chi connectivity index (χ4n) is 1.29. The van der Waals surface area contributed by atoms with Crippen LogP contribution in [0.2, 0.25) is 0 Å². The molecule has 1 rings (SSSR count). The molecule has 0 spiro atoms. The number of rotatable bonds is 7. The van der Waals surface area contributed by atoms with Crippen molar-refractivity contribution in [2.24, 2.45) is 0 Å². The zero-order valence-electron chi connectivity index (χ0n) is 8.41. The smallest absolute Gasteiger partial charge is 0.0697 e. The maximum atomic E-state index is 8.47. The van der Waals surface area contributed by atoms with Crippen LogP contribution in [0.1, 0.15) is 18.4 Å². The average Bonchev–Trinajstić information content (AvgIpc) is 2.25. The summed E-state index contributed by atoms with van der Waals surface area (Å²) in [5.74, 6) is 0. The molecule has 0 aliphatic rings. The van der Waals surface area contributed by atoms with Crippen molar-refractivity contribution in [2.75, 3.05) is 19.8 Å². The second-order valence-electron chi connectivity index (χ2n) is 3.20. The predicted octanol–water partition coefficient (Wildman–Crippen LogP) is 1.82. The third kappa shape index (κ3) is 5.00. The Morgan fingerprint density at radius 3 is 2.64 bits per heavy atom. The number of hydrogen-bond acceptors (Lipinski definition) is 2. The van der Waals surface area contributed by atoms with E-state index in [2.05, 4.69) is 18.2 Å². The van der Waals surface area contributed by atoms with Gasteiger partial charge in [0.2, 0.25) is 0 Å². The number of aliphatic hydroxyl groups is 1. The first-order valence-corrected chi connectivity index (χ1v) is 5.07. The summed E-state index contributed by atoms with van der Waals surface area (Å²) in [6.07, 6.45) is 3.28. The Kier molecular flexibility index (Phi) is 6.04. The van der Waals surface area contributed by atoms with Crippen molar-refractivity contribution < 1.29 is 9.84 Å². The lowest BCUT2D eigenvalue weighted by molar-refractivity contribution is 0.0899. The van der Waals surface area contributed by atoms with E-state index in [9.17, 15) is 0 Å². The molecule has 2 nitrogen and oxygen atoms in total. The number of aliphatic hydroxyl groups excluding tert-OH is 1. The van der Waals surface area contributed by atoms with Gasteiger partial charge in [0.05, 0.1) is 13.2 Å². The molecule has 1 aromatic rings. The van der Waals surface area contributed by atoms with Crippen LogP contribution in [0.3, 0.4) is 0 Å². The van der Waals surface area contributed by atoms with Gasteiger partial charge in [-0.25, -0.2) is 0 Å². The van der Waals surface area contributed by atoms with E-state index < -0.39 is 0 Å². The normalized spacial score (nSPS) is 10.4. The monoisotopic (exact) mass is 193 g/mol. The molecule has 1 aromatic carbocycles. The van der Waals surface area contributed by atoms with E-state index in [-0.39, 0.29) is 6.61 Å². The van der Waals surface area contributed by atoms with Crippen LogP contribution in [-0.2, 0) is 11.2 Å². The summed E-state index contributed by atoms with van der Waals surface area (Å²) in [5, 5.41) is 8.47. The Hall–Kier alpha value is -0.860. The van der Waals surface area contributed by atoms with Crippen LogP contribution in [0, 0.1) is 6.07 Å². The van der Waals surface area contributed by atoms with Crippen molar-refractivity contribution in [3.8, 4) is 0 Å². The van der Waals surface area contributed by atoms with E-state index in [0.717, 1.165) is 25.9 Å². The van der Waals surface area contributed by atoms with Crippen LogP contribution < -0.4 is 0 Å². The standard InChI is InChI=1S/C12H17O2/c13-9-11-14-10-5-4-8-12-6-2-1-3-7-12/h2-3,6-7,13H,4-5,8-11H2. The van der Waals surface area contributed by atoms with E-state index in [1.165, 1.54) is 5.56 Å². The molecular formula is C12H17O2. The first-order valence-electron chi connectivity index (χ1n) is 5.07. The van der Waals surface area contributed by atoms with E-state index in [0.29, 0.717) is 6.61 Å². The molecule has 0 aromatic heterocycles. The van der Waals surface area contributed by atoms with Gasteiger partial charge < -0.3 is 9.84 Å². The summed E-state index contributed by atoms with van der Waals surface area (Å²) in [7, 11) is 0. The van der Waals surface area contributed by atoms with Gasteiger partial charge in [-0.05, 0) is 30.9 Å². The molecule has 2 heteroatoms. The van der Waals surface area contributed by atoms with Gasteiger partial charge in [-0.15, -0.1) is 0 Å². The topological polar surface area (TPSA) is 29.5 Å². The molecule has 0 saturated carbocycles. The highest BCUT2D eigenvalue weighted by Crippen LogP contribution is 2.03. The number of ether oxygens (including phenoxy) is 1. The Morgan fingerprint density at radius 2 is 1.93 bits per heavy atom. The van der Waals surface area contributed by atoms with Crippen molar-refractivity contribution in [3.05, 3.63) is 35.9 Å². The Bertz CT molecular complexity index is 221. The quantitative estimate of drug-likeness (QED) is 0.669. The largest absolute Gasteiger partial charge is 0.394 e. The molecular weight excluding hydrogens is 176 g/mol. The molecule has 0 unspecified atom stereocenters. The highest BCUT2D eigenvalue weighted by atomic mass is 16.5. The summed E-state index contributed by atoms with van der Waals surface area (Å²) < 4.78 is 5.16. The van der Waals surface area contributed by atoms with E-state index in [1.807, 2.05) is 12.1 Å². The van der Waals surface area contributed by atoms with Crippen molar-refractivity contribution >= 4 is 0 Å². The molecule has 14 heavy (non-hydrogen) atoms. The summed E-state index contributed by atoms with van der Waals surface area (Å²) in [4.78, 5) is 0. The van der Waals surface area contributed by atoms with Gasteiger partial charge in [-0.2, -0.15) is 0 Å². The lowest BCUT2D eigenvalue weighted by Gasteiger charge is -2.02. The highest BCUT2D eigenvalue weighted by molar-refractivity contribution is 5.13. The molecule has 0 heterocycles. The first-order chi connectivity index (χ1) is 6.93. The van der Waals surface area contributed by atoms with Crippen LogP contribution in [0.5, 0.6) is 0 Å². The molecule has 0 bridgehead atoms. The molecule has 0 fully saturated rings. The van der Waals surface area contributed by atoms with Crippen LogP contribution in [0.15, 0.2) is 24.3 Å². The second-order valence-corrected chi connectivity index (χ2v) is 3.20. The summed E-state index contributed by atoms with van der Waals surface area (Å²) in [6, 6.07) is 11.1. The number of benzene rings is 1. The fourth-order valence-corrected chi connectivity index (χ4v) is 1.29. The molecule has 0 saturated heterocycles. The molecule has 0 aliphatic carbocycles. The third-order valence-electron chi connectivity index (χ3n) is 2.03. The van der Waals surface area contributed by atoms with Gasteiger partial charge in [-0.1, -0.05) is 24.3 Å². The minimum Gasteiger partial charge on any atom is -0.394 e. The average molecular weight is 193 g/mol. The lowest BCUT2D eigenvalue weighted by Crippen LogP contribution is -2.00. The van der Waals surface area contributed by atoms with Crippen LogP contribution in [-0.4, -0.2) is 24.9 Å². The molecule has 1 radical (unpaired) electrons. The Morgan fingerprint density at radius 1 is 1.14 bits per heavy atom. The van der Waals surface area contributed by atoms with Gasteiger partial charge in [0.25, 0.3) is 0 Å². The Labute approximate surface area is 85.5 Å². The molecule has 77 valence electrons. The van der Waals surface area contributed by atoms with Crippen LogP contribution in [0.25, 0.3) is 0 Å². The van der Waals surface area contributed by atoms with Crippen molar-refractivity contribution in [1.29, 1.82) is 0 Å². The minimum atomic E-state index is 0.120. The molecule has 0 amide bonds. The summed E-state index contributed by atoms with van der Waals surface area (Å²) in [5.41, 5.74) is 1.35. The number of unbranched alkanes of at least 4 members (excludes halogenated alkanes) is 1. The van der Waals surface area contributed by atoms with Crippen molar-refractivity contribution in [2.45, 2.75) is 19.3 Å². The maximum absolute atomic E-state index is 8.47. The van der Waals surface area contributed by atoms with E-state index in [1.54, 1.807) is 0 Å². The lowest BCUT2D eigenvalue weighted by atomic mass is 10.1. The van der Waals surface area contributed by atoms with E-state index in [4.69, 9.17) is 9.84 Å². The summed E-state index contributed by atoms with van der Waals surface area (Å²) in [6.45, 7) is 1.33. The summed E-state index contributed by atoms with van der Waals surface area (Å²) >= 11 is 0. The van der Waals surface area contributed by atoms with E-state index >= 15 is 0 Å². The maximum Gasteiger partial charge on any atom is 0.0697 e. The molecule has 1 N–H and O–H groups in total.